The fraction of sp³-hybridized carbons (Fsp3) is 0.529. The number of amides is 1. The van der Waals surface area contributed by atoms with Crippen molar-refractivity contribution in [1.82, 2.24) is 4.90 Å². The summed E-state index contributed by atoms with van der Waals surface area (Å²) in [5.74, 6) is 0.0340. The molecule has 3 aliphatic heterocycles. The molecule has 3 fully saturated rings. The Kier molecular flexibility index (Phi) is 4.59. The number of hydrogen-bond acceptors (Lipinski definition) is 5. The molecule has 0 N–H and O–H groups in total. The van der Waals surface area contributed by atoms with Crippen LogP contribution >= 0.6 is 11.8 Å². The van der Waals surface area contributed by atoms with Crippen LogP contribution in [-0.2, 0) is 25.9 Å². The van der Waals surface area contributed by atoms with E-state index >= 15 is 0 Å². The average Bonchev–Trinajstić information content (AvgIpc) is 3.26. The summed E-state index contributed by atoms with van der Waals surface area (Å²) in [4.78, 5) is 18.7. The number of ether oxygens (including phenoxy) is 1. The van der Waals surface area contributed by atoms with Crippen LogP contribution in [0.1, 0.15) is 18.4 Å². The Morgan fingerprint density at radius 1 is 1.28 bits per heavy atom. The lowest BCUT2D eigenvalue weighted by Crippen LogP contribution is -2.37. The van der Waals surface area contributed by atoms with E-state index in [0.29, 0.717) is 24.7 Å². The minimum absolute atomic E-state index is 0.0511. The zero-order valence-electron chi connectivity index (χ0n) is 13.7. The molecule has 3 atom stereocenters. The molecule has 0 aromatic heterocycles. The smallest absolute Gasteiger partial charge is 0.277 e. The third kappa shape index (κ3) is 3.61. The molecule has 3 heterocycles. The van der Waals surface area contributed by atoms with E-state index in [1.807, 2.05) is 35.2 Å². The molecule has 3 saturated heterocycles. The van der Waals surface area contributed by atoms with Gasteiger partial charge in [0.1, 0.15) is 6.10 Å². The zero-order chi connectivity index (χ0) is 17.4. The van der Waals surface area contributed by atoms with E-state index in [-0.39, 0.29) is 28.7 Å². The van der Waals surface area contributed by atoms with Gasteiger partial charge in [0, 0.05) is 18.4 Å². The van der Waals surface area contributed by atoms with Gasteiger partial charge in [-0.15, -0.1) is 0 Å². The van der Waals surface area contributed by atoms with Crippen LogP contribution in [0.4, 0.5) is 0 Å². The van der Waals surface area contributed by atoms with Crippen LogP contribution in [0.15, 0.2) is 35.3 Å². The molecule has 8 heteroatoms. The highest BCUT2D eigenvalue weighted by Crippen LogP contribution is 2.39. The van der Waals surface area contributed by atoms with E-state index < -0.39 is 15.9 Å². The van der Waals surface area contributed by atoms with Crippen molar-refractivity contribution in [2.45, 2.75) is 36.8 Å². The molecule has 6 nitrogen and oxygen atoms in total. The highest BCUT2D eigenvalue weighted by atomic mass is 32.2. The zero-order valence-corrected chi connectivity index (χ0v) is 15.3. The van der Waals surface area contributed by atoms with E-state index in [9.17, 15) is 13.2 Å². The molecule has 0 saturated carbocycles. The van der Waals surface area contributed by atoms with Crippen molar-refractivity contribution in [3.63, 3.8) is 0 Å². The van der Waals surface area contributed by atoms with Crippen molar-refractivity contribution in [1.29, 1.82) is 0 Å². The fourth-order valence-corrected chi connectivity index (χ4v) is 7.50. The van der Waals surface area contributed by atoms with Gasteiger partial charge in [-0.1, -0.05) is 42.1 Å². The van der Waals surface area contributed by atoms with Gasteiger partial charge in [0.2, 0.25) is 0 Å². The Bertz CT molecular complexity index is 788. The maximum absolute atomic E-state index is 12.4. The van der Waals surface area contributed by atoms with Crippen LogP contribution in [0.5, 0.6) is 0 Å². The summed E-state index contributed by atoms with van der Waals surface area (Å²) in [5.41, 5.74) is 1.07. The van der Waals surface area contributed by atoms with Gasteiger partial charge in [0.05, 0.1) is 17.5 Å². The van der Waals surface area contributed by atoms with Crippen molar-refractivity contribution in [2.75, 3.05) is 18.1 Å². The molecule has 3 aliphatic rings. The molecular formula is C17H20N2O4S2. The van der Waals surface area contributed by atoms with E-state index in [1.54, 1.807) is 0 Å². The summed E-state index contributed by atoms with van der Waals surface area (Å²) >= 11 is 1.42. The average molecular weight is 380 g/mol. The first kappa shape index (κ1) is 17.1. The van der Waals surface area contributed by atoms with Crippen LogP contribution in [0.25, 0.3) is 0 Å². The number of sulfone groups is 1. The van der Waals surface area contributed by atoms with Gasteiger partial charge >= 0.3 is 0 Å². The molecule has 0 spiro atoms. The van der Waals surface area contributed by atoms with Gasteiger partial charge in [-0.05, 0) is 18.4 Å². The third-order valence-corrected chi connectivity index (χ3v) is 8.03. The Morgan fingerprint density at radius 3 is 2.80 bits per heavy atom. The summed E-state index contributed by atoms with van der Waals surface area (Å²) in [6.07, 6.45) is 1.14. The molecule has 25 heavy (non-hydrogen) atoms. The second-order valence-electron chi connectivity index (χ2n) is 6.65. The number of benzene rings is 1. The molecule has 0 unspecified atom stereocenters. The van der Waals surface area contributed by atoms with Crippen LogP contribution in [0.2, 0.25) is 0 Å². The molecular weight excluding hydrogens is 360 g/mol. The topological polar surface area (TPSA) is 76.0 Å². The van der Waals surface area contributed by atoms with E-state index in [0.717, 1.165) is 12.0 Å². The summed E-state index contributed by atoms with van der Waals surface area (Å²) < 4.78 is 29.5. The SMILES string of the molecule is O=C(N=C1S[C@H]2CS(=O)(=O)C[C@@H]2N1Cc1ccccc1)[C@@H]1CCCO1. The number of nitrogens with zero attached hydrogens (tertiary/aromatic N) is 2. The Labute approximate surface area is 151 Å². The molecule has 0 bridgehead atoms. The normalized spacial score (nSPS) is 32.2. The Balaban J connectivity index is 1.60. The van der Waals surface area contributed by atoms with Crippen molar-refractivity contribution in [3.8, 4) is 0 Å². The fourth-order valence-electron chi connectivity index (χ4n) is 3.54. The number of amidine groups is 1. The molecule has 134 valence electrons. The van der Waals surface area contributed by atoms with Crippen molar-refractivity contribution in [2.24, 2.45) is 4.99 Å². The summed E-state index contributed by atoms with van der Waals surface area (Å²) in [7, 11) is -3.03. The number of thioether (sulfide) groups is 1. The highest BCUT2D eigenvalue weighted by molar-refractivity contribution is 8.15. The number of carbonyl (C=O) groups is 1. The van der Waals surface area contributed by atoms with Crippen LogP contribution < -0.4 is 0 Å². The van der Waals surface area contributed by atoms with Gasteiger partial charge in [0.15, 0.2) is 15.0 Å². The van der Waals surface area contributed by atoms with Crippen molar-refractivity contribution < 1.29 is 17.9 Å². The Hall–Kier alpha value is -1.38. The Morgan fingerprint density at radius 2 is 2.08 bits per heavy atom. The standard InChI is InChI=1S/C17H20N2O4S2/c20-16(14-7-4-8-23-14)18-17-19(9-12-5-2-1-3-6-12)13-10-25(21,22)11-15(13)24-17/h1-3,5-6,13-15H,4,7-11H2/t13-,14-,15-/m0/s1. The minimum Gasteiger partial charge on any atom is -0.368 e. The predicted molar refractivity (Wildman–Crippen MR) is 97.2 cm³/mol. The van der Waals surface area contributed by atoms with Crippen LogP contribution in [0.3, 0.4) is 0 Å². The maximum atomic E-state index is 12.4. The first-order chi connectivity index (χ1) is 12.0. The van der Waals surface area contributed by atoms with E-state index in [1.165, 1.54) is 11.8 Å². The molecule has 0 aliphatic carbocycles. The first-order valence-electron chi connectivity index (χ1n) is 8.44. The van der Waals surface area contributed by atoms with Crippen LogP contribution in [0, 0.1) is 0 Å². The van der Waals surface area contributed by atoms with Gasteiger partial charge in [0.25, 0.3) is 5.91 Å². The van der Waals surface area contributed by atoms with Crippen molar-refractivity contribution >= 4 is 32.7 Å². The van der Waals surface area contributed by atoms with Gasteiger partial charge in [-0.25, -0.2) is 8.42 Å². The van der Waals surface area contributed by atoms with Crippen molar-refractivity contribution in [3.05, 3.63) is 35.9 Å². The summed E-state index contributed by atoms with van der Waals surface area (Å²) in [6.45, 7) is 1.16. The summed E-state index contributed by atoms with van der Waals surface area (Å²) in [6, 6.07) is 9.74. The van der Waals surface area contributed by atoms with E-state index in [4.69, 9.17) is 4.74 Å². The lowest BCUT2D eigenvalue weighted by Gasteiger charge is -2.24. The molecule has 4 rings (SSSR count). The second-order valence-corrected chi connectivity index (χ2v) is 10.0. The quantitative estimate of drug-likeness (QED) is 0.790. The monoisotopic (exact) mass is 380 g/mol. The van der Waals surface area contributed by atoms with Crippen LogP contribution in [-0.4, -0.2) is 59.9 Å². The number of carbonyl (C=O) groups excluding carboxylic acids is 1. The predicted octanol–water partition coefficient (Wildman–Crippen LogP) is 1.46. The molecule has 1 aromatic carbocycles. The lowest BCUT2D eigenvalue weighted by atomic mass is 10.1. The number of aliphatic imine (C=N–C) groups is 1. The molecule has 1 amide bonds. The lowest BCUT2D eigenvalue weighted by molar-refractivity contribution is -0.126. The minimum atomic E-state index is -3.03. The molecule has 0 radical (unpaired) electrons. The third-order valence-electron chi connectivity index (χ3n) is 4.78. The maximum Gasteiger partial charge on any atom is 0.277 e. The van der Waals surface area contributed by atoms with Gasteiger partial charge in [-0.2, -0.15) is 4.99 Å². The van der Waals surface area contributed by atoms with Gasteiger partial charge in [-0.3, -0.25) is 4.79 Å². The highest BCUT2D eigenvalue weighted by Gasteiger charge is 2.48. The number of fused-ring (bicyclic) bond motifs is 1. The first-order valence-corrected chi connectivity index (χ1v) is 11.1. The van der Waals surface area contributed by atoms with Gasteiger partial charge < -0.3 is 9.64 Å². The second kappa shape index (κ2) is 6.74. The summed E-state index contributed by atoms with van der Waals surface area (Å²) in [5, 5.41) is 0.582. The molecule has 1 aromatic rings. The van der Waals surface area contributed by atoms with E-state index in [2.05, 4.69) is 4.99 Å². The number of rotatable bonds is 3. The largest absolute Gasteiger partial charge is 0.368 e. The number of hydrogen-bond donors (Lipinski definition) is 0.